The lowest BCUT2D eigenvalue weighted by Crippen LogP contribution is -2.40. The van der Waals surface area contributed by atoms with Crippen LogP contribution in [-0.4, -0.2) is 57.3 Å². The largest absolute Gasteiger partial charge is 0.497 e. The molecule has 1 amide bonds. The number of carbonyl (C=O) groups excluding carboxylic acids is 1. The first-order valence-corrected chi connectivity index (χ1v) is 8.19. The first-order chi connectivity index (χ1) is 9.86. The number of benzene rings is 1. The average Bonchev–Trinajstić information content (AvgIpc) is 2.48. The summed E-state index contributed by atoms with van der Waals surface area (Å²) < 4.78 is 30.8. The zero-order chi connectivity index (χ0) is 16.0. The smallest absolute Gasteiger partial charge is 0.243 e. The molecule has 1 aromatic rings. The Bertz CT molecular complexity index is 565. The summed E-state index contributed by atoms with van der Waals surface area (Å²) in [5, 5.41) is 0. The van der Waals surface area contributed by atoms with Gasteiger partial charge in [-0.3, -0.25) is 4.79 Å². The molecule has 0 aromatic heterocycles. The molecule has 1 rings (SSSR count). The SMILES string of the molecule is CCN(CC)C(=O)CN(C)S(=O)(=O)c1ccc(OC)cc1. The zero-order valence-corrected chi connectivity index (χ0v) is 13.7. The van der Waals surface area contributed by atoms with Crippen molar-refractivity contribution in [2.75, 3.05) is 33.8 Å². The normalized spacial score (nSPS) is 11.5. The molecule has 21 heavy (non-hydrogen) atoms. The average molecular weight is 314 g/mol. The summed E-state index contributed by atoms with van der Waals surface area (Å²) in [5.74, 6) is 0.371. The van der Waals surface area contributed by atoms with Crippen molar-refractivity contribution in [2.45, 2.75) is 18.7 Å². The molecular weight excluding hydrogens is 292 g/mol. The van der Waals surface area contributed by atoms with Crippen molar-refractivity contribution in [2.24, 2.45) is 0 Å². The van der Waals surface area contributed by atoms with Crippen LogP contribution < -0.4 is 4.74 Å². The lowest BCUT2D eigenvalue weighted by molar-refractivity contribution is -0.130. The number of ether oxygens (including phenoxy) is 1. The van der Waals surface area contributed by atoms with Crippen LogP contribution in [0, 0.1) is 0 Å². The molecule has 0 N–H and O–H groups in total. The van der Waals surface area contributed by atoms with Crippen molar-refractivity contribution in [3.8, 4) is 5.75 Å². The summed E-state index contributed by atoms with van der Waals surface area (Å²) in [6, 6.07) is 6.08. The van der Waals surface area contributed by atoms with Crippen LogP contribution in [0.4, 0.5) is 0 Å². The fraction of sp³-hybridized carbons (Fsp3) is 0.500. The molecule has 0 atom stereocenters. The molecule has 0 saturated heterocycles. The Morgan fingerprint density at radius 3 is 2.10 bits per heavy atom. The number of hydrogen-bond acceptors (Lipinski definition) is 4. The molecule has 1 aromatic carbocycles. The maximum absolute atomic E-state index is 12.4. The van der Waals surface area contributed by atoms with Gasteiger partial charge in [0.15, 0.2) is 0 Å². The van der Waals surface area contributed by atoms with Crippen LogP contribution in [0.3, 0.4) is 0 Å². The summed E-state index contributed by atoms with van der Waals surface area (Å²) in [4.78, 5) is 13.7. The minimum Gasteiger partial charge on any atom is -0.497 e. The van der Waals surface area contributed by atoms with Crippen LogP contribution in [0.25, 0.3) is 0 Å². The minimum absolute atomic E-state index is 0.137. The summed E-state index contributed by atoms with van der Waals surface area (Å²) in [7, 11) is -0.763. The first kappa shape index (κ1) is 17.5. The van der Waals surface area contributed by atoms with E-state index in [0.29, 0.717) is 18.8 Å². The van der Waals surface area contributed by atoms with Gasteiger partial charge in [-0.1, -0.05) is 0 Å². The summed E-state index contributed by atoms with van der Waals surface area (Å²) >= 11 is 0. The Kier molecular flexibility index (Phi) is 6.17. The molecule has 0 unspecified atom stereocenters. The number of likely N-dealkylation sites (N-methyl/N-ethyl adjacent to an activating group) is 2. The lowest BCUT2D eigenvalue weighted by Gasteiger charge is -2.23. The number of carbonyl (C=O) groups is 1. The molecule has 6 nitrogen and oxygen atoms in total. The van der Waals surface area contributed by atoms with E-state index < -0.39 is 10.0 Å². The third-order valence-corrected chi connectivity index (χ3v) is 5.06. The van der Waals surface area contributed by atoms with Crippen LogP contribution in [0.15, 0.2) is 29.2 Å². The fourth-order valence-corrected chi connectivity index (χ4v) is 3.00. The molecule has 0 radical (unpaired) electrons. The molecule has 0 spiro atoms. The molecule has 0 fully saturated rings. The van der Waals surface area contributed by atoms with E-state index in [-0.39, 0.29) is 17.3 Å². The number of nitrogens with zero attached hydrogens (tertiary/aromatic N) is 2. The van der Waals surface area contributed by atoms with E-state index in [4.69, 9.17) is 4.74 Å². The second-order valence-corrected chi connectivity index (χ2v) is 6.55. The second-order valence-electron chi connectivity index (χ2n) is 4.50. The highest BCUT2D eigenvalue weighted by Crippen LogP contribution is 2.18. The molecule has 0 heterocycles. The molecule has 0 aliphatic carbocycles. The van der Waals surface area contributed by atoms with Gasteiger partial charge in [-0.25, -0.2) is 8.42 Å². The molecule has 0 saturated carbocycles. The first-order valence-electron chi connectivity index (χ1n) is 6.75. The number of hydrogen-bond donors (Lipinski definition) is 0. The van der Waals surface area contributed by atoms with Gasteiger partial charge in [0, 0.05) is 20.1 Å². The second kappa shape index (κ2) is 7.42. The Morgan fingerprint density at radius 1 is 1.14 bits per heavy atom. The van der Waals surface area contributed by atoms with Crippen molar-refractivity contribution in [1.29, 1.82) is 0 Å². The van der Waals surface area contributed by atoms with Gasteiger partial charge in [0.2, 0.25) is 15.9 Å². The van der Waals surface area contributed by atoms with Gasteiger partial charge in [0.05, 0.1) is 18.6 Å². The Labute approximate surface area is 126 Å². The van der Waals surface area contributed by atoms with Gasteiger partial charge in [-0.05, 0) is 38.1 Å². The lowest BCUT2D eigenvalue weighted by atomic mass is 10.3. The Hall–Kier alpha value is -1.60. The van der Waals surface area contributed by atoms with Crippen LogP contribution in [0.2, 0.25) is 0 Å². The fourth-order valence-electron chi connectivity index (χ4n) is 1.88. The summed E-state index contributed by atoms with van der Waals surface area (Å²) in [5.41, 5.74) is 0. The molecular formula is C14H22N2O4S. The highest BCUT2D eigenvalue weighted by Gasteiger charge is 2.24. The van der Waals surface area contributed by atoms with Crippen molar-refractivity contribution >= 4 is 15.9 Å². The van der Waals surface area contributed by atoms with Crippen LogP contribution in [0.1, 0.15) is 13.8 Å². The van der Waals surface area contributed by atoms with E-state index >= 15 is 0 Å². The molecule has 118 valence electrons. The molecule has 0 aliphatic rings. The quantitative estimate of drug-likeness (QED) is 0.758. The van der Waals surface area contributed by atoms with Gasteiger partial charge in [0.25, 0.3) is 0 Å². The molecule has 0 bridgehead atoms. The third-order valence-electron chi connectivity index (χ3n) is 3.24. The van der Waals surface area contributed by atoms with E-state index in [0.717, 1.165) is 4.31 Å². The number of sulfonamides is 1. The third kappa shape index (κ3) is 4.18. The zero-order valence-electron chi connectivity index (χ0n) is 12.9. The van der Waals surface area contributed by atoms with Gasteiger partial charge in [-0.2, -0.15) is 4.31 Å². The van der Waals surface area contributed by atoms with Gasteiger partial charge in [-0.15, -0.1) is 0 Å². The van der Waals surface area contributed by atoms with Gasteiger partial charge in [0.1, 0.15) is 5.75 Å². The predicted octanol–water partition coefficient (Wildman–Crippen LogP) is 1.18. The van der Waals surface area contributed by atoms with Crippen molar-refractivity contribution in [3.63, 3.8) is 0 Å². The van der Waals surface area contributed by atoms with Gasteiger partial charge >= 0.3 is 0 Å². The van der Waals surface area contributed by atoms with E-state index in [1.54, 1.807) is 17.0 Å². The summed E-state index contributed by atoms with van der Waals surface area (Å²) in [6.07, 6.45) is 0. The molecule has 0 aliphatic heterocycles. The maximum Gasteiger partial charge on any atom is 0.243 e. The standard InChI is InChI=1S/C14H22N2O4S/c1-5-16(6-2)14(17)11-15(3)21(18,19)13-9-7-12(20-4)8-10-13/h7-10H,5-6,11H2,1-4H3. The van der Waals surface area contributed by atoms with E-state index in [2.05, 4.69) is 0 Å². The summed E-state index contributed by atoms with van der Waals surface area (Å²) in [6.45, 7) is 4.67. The highest BCUT2D eigenvalue weighted by atomic mass is 32.2. The van der Waals surface area contributed by atoms with Crippen LogP contribution in [-0.2, 0) is 14.8 Å². The number of methoxy groups -OCH3 is 1. The van der Waals surface area contributed by atoms with Crippen LogP contribution >= 0.6 is 0 Å². The monoisotopic (exact) mass is 314 g/mol. The van der Waals surface area contributed by atoms with Crippen molar-refractivity contribution < 1.29 is 17.9 Å². The van der Waals surface area contributed by atoms with Crippen molar-refractivity contribution in [1.82, 2.24) is 9.21 Å². The Balaban J connectivity index is 2.88. The Morgan fingerprint density at radius 2 is 1.67 bits per heavy atom. The molecule has 7 heteroatoms. The van der Waals surface area contributed by atoms with Crippen LogP contribution in [0.5, 0.6) is 5.75 Å². The number of amides is 1. The highest BCUT2D eigenvalue weighted by molar-refractivity contribution is 7.89. The topological polar surface area (TPSA) is 66.9 Å². The number of rotatable bonds is 7. The van der Waals surface area contributed by atoms with E-state index in [1.165, 1.54) is 26.3 Å². The minimum atomic E-state index is -3.68. The van der Waals surface area contributed by atoms with Crippen molar-refractivity contribution in [3.05, 3.63) is 24.3 Å². The van der Waals surface area contributed by atoms with E-state index in [1.807, 2.05) is 13.8 Å². The maximum atomic E-state index is 12.4. The van der Waals surface area contributed by atoms with Gasteiger partial charge < -0.3 is 9.64 Å². The predicted molar refractivity (Wildman–Crippen MR) is 80.7 cm³/mol. The van der Waals surface area contributed by atoms with E-state index in [9.17, 15) is 13.2 Å².